The van der Waals surface area contributed by atoms with Crippen molar-refractivity contribution in [1.29, 1.82) is 0 Å². The van der Waals surface area contributed by atoms with E-state index in [0.717, 1.165) is 0 Å². The molecule has 0 rings (SSSR count). The molecular weight excluding hydrogens is 100 g/mol. The van der Waals surface area contributed by atoms with Crippen molar-refractivity contribution in [3.8, 4) is 12.3 Å². The van der Waals surface area contributed by atoms with Crippen molar-refractivity contribution in [3.63, 3.8) is 0 Å². The van der Waals surface area contributed by atoms with Gasteiger partial charge in [0.1, 0.15) is 0 Å². The third-order valence-corrected chi connectivity index (χ3v) is 0.481. The molecule has 0 amide bonds. The van der Waals surface area contributed by atoms with Gasteiger partial charge in [-0.1, -0.05) is 12.0 Å². The van der Waals surface area contributed by atoms with Crippen LogP contribution < -0.4 is 11.5 Å². The first kappa shape index (κ1) is 6.64. The Morgan fingerprint density at radius 2 is 2.12 bits per heavy atom. The van der Waals surface area contributed by atoms with E-state index >= 15 is 0 Å². The Morgan fingerprint density at radius 3 is 2.50 bits per heavy atom. The smallest absolute Gasteiger partial charge is 0.0933 e. The molecule has 42 valence electrons. The molecule has 2 nitrogen and oxygen atoms in total. The summed E-state index contributed by atoms with van der Waals surface area (Å²) in [4.78, 5) is 0. The minimum Gasteiger partial charge on any atom is -0.386 e. The van der Waals surface area contributed by atoms with Gasteiger partial charge in [-0.3, -0.25) is 0 Å². The zero-order valence-corrected chi connectivity index (χ0v) is 4.46. The SMILES string of the molecule is C#C/C=C\C=C(N)N. The average molecular weight is 108 g/mol. The molecule has 0 aromatic heterocycles. The van der Waals surface area contributed by atoms with Crippen LogP contribution in [0.3, 0.4) is 0 Å². The van der Waals surface area contributed by atoms with Crippen LogP contribution in [0.15, 0.2) is 24.0 Å². The summed E-state index contributed by atoms with van der Waals surface area (Å²) in [5.74, 6) is 2.55. The molecule has 8 heavy (non-hydrogen) atoms. The first-order chi connectivity index (χ1) is 3.77. The minimum atomic E-state index is 0.261. The Morgan fingerprint density at radius 1 is 1.50 bits per heavy atom. The van der Waals surface area contributed by atoms with E-state index in [1.165, 1.54) is 12.2 Å². The lowest BCUT2D eigenvalue weighted by molar-refractivity contribution is 1.25. The molecule has 0 heterocycles. The summed E-state index contributed by atoms with van der Waals surface area (Å²) in [6, 6.07) is 0. The molecule has 0 aliphatic rings. The predicted molar refractivity (Wildman–Crippen MR) is 34.4 cm³/mol. The summed E-state index contributed by atoms with van der Waals surface area (Å²) in [5.41, 5.74) is 10.1. The van der Waals surface area contributed by atoms with Gasteiger partial charge in [0.2, 0.25) is 0 Å². The average Bonchev–Trinajstić information content (AvgIpc) is 1.66. The second kappa shape index (κ2) is 3.82. The number of allylic oxidation sites excluding steroid dienone is 3. The van der Waals surface area contributed by atoms with Crippen molar-refractivity contribution in [1.82, 2.24) is 0 Å². The van der Waals surface area contributed by atoms with Gasteiger partial charge in [0.25, 0.3) is 0 Å². The van der Waals surface area contributed by atoms with Crippen molar-refractivity contribution in [3.05, 3.63) is 24.0 Å². The first-order valence-corrected chi connectivity index (χ1v) is 2.11. The second-order valence-corrected chi connectivity index (χ2v) is 1.19. The molecule has 0 unspecified atom stereocenters. The van der Waals surface area contributed by atoms with Crippen LogP contribution in [0, 0.1) is 12.3 Å². The zero-order valence-electron chi connectivity index (χ0n) is 4.46. The fourth-order valence-electron chi connectivity index (χ4n) is 0.215. The number of hydrogen-bond donors (Lipinski definition) is 2. The fourth-order valence-corrected chi connectivity index (χ4v) is 0.215. The fraction of sp³-hybridized carbons (Fsp3) is 0. The van der Waals surface area contributed by atoms with E-state index in [0.29, 0.717) is 0 Å². The normalized spacial score (nSPS) is 8.38. The van der Waals surface area contributed by atoms with Crippen molar-refractivity contribution < 1.29 is 0 Å². The van der Waals surface area contributed by atoms with Crippen molar-refractivity contribution in [2.75, 3.05) is 0 Å². The number of hydrogen-bond acceptors (Lipinski definition) is 2. The maximum Gasteiger partial charge on any atom is 0.0933 e. The maximum atomic E-state index is 5.05. The third kappa shape index (κ3) is 4.64. The lowest BCUT2D eigenvalue weighted by atomic mass is 10.5. The van der Waals surface area contributed by atoms with Crippen molar-refractivity contribution in [2.24, 2.45) is 11.5 Å². The molecule has 0 atom stereocenters. The van der Waals surface area contributed by atoms with Crippen molar-refractivity contribution >= 4 is 0 Å². The highest BCUT2D eigenvalue weighted by Crippen LogP contribution is 1.73. The van der Waals surface area contributed by atoms with Gasteiger partial charge in [-0.2, -0.15) is 0 Å². The molecule has 0 saturated heterocycles. The van der Waals surface area contributed by atoms with Crippen LogP contribution in [0.25, 0.3) is 0 Å². The number of rotatable bonds is 1. The Kier molecular flexibility index (Phi) is 3.17. The summed E-state index contributed by atoms with van der Waals surface area (Å²) in [6.45, 7) is 0. The van der Waals surface area contributed by atoms with Crippen molar-refractivity contribution in [2.45, 2.75) is 0 Å². The molecule has 0 bridgehead atoms. The second-order valence-electron chi connectivity index (χ2n) is 1.19. The van der Waals surface area contributed by atoms with E-state index in [-0.39, 0.29) is 5.82 Å². The van der Waals surface area contributed by atoms with Crippen LogP contribution in [-0.4, -0.2) is 0 Å². The highest BCUT2D eigenvalue weighted by molar-refractivity contribution is 5.16. The van der Waals surface area contributed by atoms with E-state index in [1.54, 1.807) is 6.08 Å². The first-order valence-electron chi connectivity index (χ1n) is 2.11. The quantitative estimate of drug-likeness (QED) is 0.365. The van der Waals surface area contributed by atoms with Gasteiger partial charge in [0.15, 0.2) is 0 Å². The van der Waals surface area contributed by atoms with Crippen LogP contribution in [-0.2, 0) is 0 Å². The Hall–Kier alpha value is -1.36. The molecule has 0 aliphatic carbocycles. The minimum absolute atomic E-state index is 0.261. The lowest BCUT2D eigenvalue weighted by Crippen LogP contribution is -2.06. The molecule has 0 aliphatic heterocycles. The predicted octanol–water partition coefficient (Wildman–Crippen LogP) is -0.0654. The van der Waals surface area contributed by atoms with Gasteiger partial charge in [-0.05, 0) is 12.2 Å². The largest absolute Gasteiger partial charge is 0.386 e. The molecule has 0 aromatic rings. The summed E-state index contributed by atoms with van der Waals surface area (Å²) in [7, 11) is 0. The highest BCUT2D eigenvalue weighted by Gasteiger charge is 1.66. The van der Waals surface area contributed by atoms with Gasteiger partial charge in [0, 0.05) is 0 Å². The summed E-state index contributed by atoms with van der Waals surface area (Å²) in [6.07, 6.45) is 9.51. The van der Waals surface area contributed by atoms with Crippen LogP contribution >= 0.6 is 0 Å². The summed E-state index contributed by atoms with van der Waals surface area (Å²) < 4.78 is 0. The monoisotopic (exact) mass is 108 g/mol. The summed E-state index contributed by atoms with van der Waals surface area (Å²) in [5, 5.41) is 0. The molecule has 0 saturated carbocycles. The van der Waals surface area contributed by atoms with E-state index in [2.05, 4.69) is 5.92 Å². The van der Waals surface area contributed by atoms with Crippen LogP contribution in [0.1, 0.15) is 0 Å². The Balaban J connectivity index is 3.63. The highest BCUT2D eigenvalue weighted by atomic mass is 14.8. The van der Waals surface area contributed by atoms with E-state index in [4.69, 9.17) is 17.9 Å². The Bertz CT molecular complexity index is 144. The van der Waals surface area contributed by atoms with Gasteiger partial charge < -0.3 is 11.5 Å². The molecule has 0 aromatic carbocycles. The van der Waals surface area contributed by atoms with Crippen LogP contribution in [0.5, 0.6) is 0 Å². The van der Waals surface area contributed by atoms with E-state index in [1.807, 2.05) is 0 Å². The maximum absolute atomic E-state index is 5.05. The third-order valence-electron chi connectivity index (χ3n) is 0.481. The molecule has 0 fully saturated rings. The van der Waals surface area contributed by atoms with Crippen LogP contribution in [0.4, 0.5) is 0 Å². The standard InChI is InChI=1S/C6H8N2/c1-2-3-4-5-6(7)8/h1,3-5H,7-8H2/b4-3-. The van der Waals surface area contributed by atoms with Crippen LogP contribution in [0.2, 0.25) is 0 Å². The topological polar surface area (TPSA) is 52.0 Å². The molecular formula is C6H8N2. The molecule has 2 heteroatoms. The van der Waals surface area contributed by atoms with Gasteiger partial charge in [0.05, 0.1) is 5.82 Å². The van der Waals surface area contributed by atoms with Gasteiger partial charge in [-0.15, -0.1) is 6.42 Å². The molecule has 0 radical (unpaired) electrons. The lowest BCUT2D eigenvalue weighted by Gasteiger charge is -1.80. The Labute approximate surface area is 48.9 Å². The van der Waals surface area contributed by atoms with E-state index < -0.39 is 0 Å². The molecule has 4 N–H and O–H groups in total. The van der Waals surface area contributed by atoms with Gasteiger partial charge in [-0.25, -0.2) is 0 Å². The molecule has 0 spiro atoms. The zero-order chi connectivity index (χ0) is 6.41. The number of nitrogens with two attached hydrogens (primary N) is 2. The van der Waals surface area contributed by atoms with E-state index in [9.17, 15) is 0 Å². The summed E-state index contributed by atoms with van der Waals surface area (Å²) >= 11 is 0. The number of terminal acetylenes is 1. The van der Waals surface area contributed by atoms with Gasteiger partial charge >= 0.3 is 0 Å².